The summed E-state index contributed by atoms with van der Waals surface area (Å²) in [7, 11) is 0. The summed E-state index contributed by atoms with van der Waals surface area (Å²) < 4.78 is 12.8. The number of amides is 1. The fourth-order valence-electron chi connectivity index (χ4n) is 1.87. The fraction of sp³-hybridized carbons (Fsp3) is 0.267. The molecule has 21 heavy (non-hydrogen) atoms. The van der Waals surface area contributed by atoms with E-state index in [-0.39, 0.29) is 11.7 Å². The summed E-state index contributed by atoms with van der Waals surface area (Å²) in [6, 6.07) is 8.10. The lowest BCUT2D eigenvalue weighted by molar-refractivity contribution is 0.0946. The number of nitrogens with one attached hydrogen (secondary N) is 2. The molecule has 1 aliphatic carbocycles. The topological polar surface area (TPSA) is 66.9 Å². The molecule has 0 bridgehead atoms. The standard InChI is InChI=1S/C15H15FN4O/c16-11-3-1-10(2-4-11)8-17-15(21)13-7-14(19-9-18-13)20-12-5-6-12/h1-4,7,9,12H,5-6,8H2,(H,17,21)(H,18,19,20). The number of hydrogen-bond acceptors (Lipinski definition) is 4. The largest absolute Gasteiger partial charge is 0.367 e. The van der Waals surface area contributed by atoms with Gasteiger partial charge in [-0.25, -0.2) is 14.4 Å². The molecule has 5 nitrogen and oxygen atoms in total. The number of rotatable bonds is 5. The molecule has 1 saturated carbocycles. The second kappa shape index (κ2) is 5.87. The van der Waals surface area contributed by atoms with Gasteiger partial charge in [0.15, 0.2) is 0 Å². The zero-order valence-corrected chi connectivity index (χ0v) is 11.3. The predicted octanol–water partition coefficient (Wildman–Crippen LogP) is 2.12. The Morgan fingerprint density at radius 1 is 1.24 bits per heavy atom. The summed E-state index contributed by atoms with van der Waals surface area (Å²) >= 11 is 0. The quantitative estimate of drug-likeness (QED) is 0.883. The number of nitrogens with zero attached hydrogens (tertiary/aromatic N) is 2. The molecule has 0 unspecified atom stereocenters. The molecule has 3 rings (SSSR count). The third-order valence-corrected chi connectivity index (χ3v) is 3.20. The SMILES string of the molecule is O=C(NCc1ccc(F)cc1)c1cc(NC2CC2)ncn1. The van der Waals surface area contributed by atoms with Crippen LogP contribution < -0.4 is 10.6 Å². The van der Waals surface area contributed by atoms with E-state index in [0.717, 1.165) is 18.4 Å². The maximum atomic E-state index is 12.8. The van der Waals surface area contributed by atoms with E-state index in [1.807, 2.05) is 0 Å². The second-order valence-corrected chi connectivity index (χ2v) is 5.02. The minimum absolute atomic E-state index is 0.277. The molecule has 1 aliphatic rings. The van der Waals surface area contributed by atoms with Crippen molar-refractivity contribution in [1.82, 2.24) is 15.3 Å². The maximum absolute atomic E-state index is 12.8. The van der Waals surface area contributed by atoms with Gasteiger partial charge < -0.3 is 10.6 Å². The highest BCUT2D eigenvalue weighted by molar-refractivity contribution is 5.92. The minimum Gasteiger partial charge on any atom is -0.367 e. The lowest BCUT2D eigenvalue weighted by Gasteiger charge is -2.07. The molecule has 108 valence electrons. The third-order valence-electron chi connectivity index (χ3n) is 3.20. The van der Waals surface area contributed by atoms with Gasteiger partial charge in [0.2, 0.25) is 0 Å². The number of aromatic nitrogens is 2. The number of carbonyl (C=O) groups is 1. The first kappa shape index (κ1) is 13.5. The van der Waals surface area contributed by atoms with Gasteiger partial charge in [-0.05, 0) is 30.5 Å². The zero-order valence-electron chi connectivity index (χ0n) is 11.3. The van der Waals surface area contributed by atoms with Crippen LogP contribution in [0.5, 0.6) is 0 Å². The van der Waals surface area contributed by atoms with Crippen LogP contribution in [0.15, 0.2) is 36.7 Å². The maximum Gasteiger partial charge on any atom is 0.270 e. The van der Waals surface area contributed by atoms with Crippen LogP contribution in [0, 0.1) is 5.82 Å². The molecule has 1 heterocycles. The zero-order chi connectivity index (χ0) is 14.7. The average Bonchev–Trinajstić information content (AvgIpc) is 3.30. The summed E-state index contributed by atoms with van der Waals surface area (Å²) in [5, 5.41) is 5.97. The first-order chi connectivity index (χ1) is 10.2. The summed E-state index contributed by atoms with van der Waals surface area (Å²) in [4.78, 5) is 20.1. The van der Waals surface area contributed by atoms with E-state index in [2.05, 4.69) is 20.6 Å². The van der Waals surface area contributed by atoms with Crippen LogP contribution in [-0.2, 0) is 6.54 Å². The van der Waals surface area contributed by atoms with E-state index in [9.17, 15) is 9.18 Å². The Balaban J connectivity index is 1.60. The molecular formula is C15H15FN4O. The lowest BCUT2D eigenvalue weighted by atomic mass is 10.2. The van der Waals surface area contributed by atoms with Gasteiger partial charge in [-0.3, -0.25) is 4.79 Å². The Morgan fingerprint density at radius 2 is 2.00 bits per heavy atom. The lowest BCUT2D eigenvalue weighted by Crippen LogP contribution is -2.24. The molecular weight excluding hydrogens is 271 g/mol. The van der Waals surface area contributed by atoms with Crippen LogP contribution in [0.25, 0.3) is 0 Å². The van der Waals surface area contributed by atoms with Gasteiger partial charge in [0, 0.05) is 18.7 Å². The van der Waals surface area contributed by atoms with Crippen molar-refractivity contribution in [3.05, 3.63) is 53.7 Å². The van der Waals surface area contributed by atoms with Crippen molar-refractivity contribution in [2.24, 2.45) is 0 Å². The highest BCUT2D eigenvalue weighted by atomic mass is 19.1. The van der Waals surface area contributed by atoms with Gasteiger partial charge in [0.1, 0.15) is 23.7 Å². The van der Waals surface area contributed by atoms with Crippen LogP contribution in [0.4, 0.5) is 10.2 Å². The second-order valence-electron chi connectivity index (χ2n) is 5.02. The van der Waals surface area contributed by atoms with Crippen molar-refractivity contribution >= 4 is 11.7 Å². The van der Waals surface area contributed by atoms with Crippen LogP contribution in [0.2, 0.25) is 0 Å². The number of carbonyl (C=O) groups excluding carboxylic acids is 1. The minimum atomic E-state index is -0.295. The van der Waals surface area contributed by atoms with Crippen molar-refractivity contribution in [3.63, 3.8) is 0 Å². The fourth-order valence-corrected chi connectivity index (χ4v) is 1.87. The highest BCUT2D eigenvalue weighted by Crippen LogP contribution is 2.23. The predicted molar refractivity (Wildman–Crippen MR) is 76.2 cm³/mol. The van der Waals surface area contributed by atoms with Crippen molar-refractivity contribution in [1.29, 1.82) is 0 Å². The number of hydrogen-bond donors (Lipinski definition) is 2. The average molecular weight is 286 g/mol. The van der Waals surface area contributed by atoms with Crippen LogP contribution in [0.1, 0.15) is 28.9 Å². The third kappa shape index (κ3) is 3.75. The van der Waals surface area contributed by atoms with Gasteiger partial charge in [-0.1, -0.05) is 12.1 Å². The molecule has 1 aromatic carbocycles. The molecule has 0 atom stereocenters. The molecule has 1 aromatic heterocycles. The van der Waals surface area contributed by atoms with Crippen LogP contribution in [-0.4, -0.2) is 21.9 Å². The Kier molecular flexibility index (Phi) is 3.77. The van der Waals surface area contributed by atoms with Gasteiger partial charge in [-0.15, -0.1) is 0 Å². The Bertz CT molecular complexity index is 640. The van der Waals surface area contributed by atoms with Crippen molar-refractivity contribution < 1.29 is 9.18 Å². The summed E-state index contributed by atoms with van der Waals surface area (Å²) in [6.45, 7) is 0.328. The molecule has 2 aromatic rings. The number of benzene rings is 1. The van der Waals surface area contributed by atoms with E-state index in [0.29, 0.717) is 24.1 Å². The van der Waals surface area contributed by atoms with Gasteiger partial charge in [0.05, 0.1) is 0 Å². The molecule has 0 saturated heterocycles. The molecule has 2 N–H and O–H groups in total. The molecule has 6 heteroatoms. The van der Waals surface area contributed by atoms with Gasteiger partial charge >= 0.3 is 0 Å². The Morgan fingerprint density at radius 3 is 2.71 bits per heavy atom. The normalized spacial score (nSPS) is 13.8. The molecule has 0 radical (unpaired) electrons. The number of anilines is 1. The van der Waals surface area contributed by atoms with E-state index < -0.39 is 0 Å². The Labute approximate surface area is 121 Å². The first-order valence-electron chi connectivity index (χ1n) is 6.82. The van der Waals surface area contributed by atoms with E-state index in [4.69, 9.17) is 0 Å². The molecule has 0 spiro atoms. The summed E-state index contributed by atoms with van der Waals surface area (Å²) in [5.41, 5.74) is 1.14. The monoisotopic (exact) mass is 286 g/mol. The van der Waals surface area contributed by atoms with Crippen molar-refractivity contribution in [3.8, 4) is 0 Å². The van der Waals surface area contributed by atoms with Crippen molar-refractivity contribution in [2.75, 3.05) is 5.32 Å². The Hall–Kier alpha value is -2.50. The van der Waals surface area contributed by atoms with Crippen LogP contribution in [0.3, 0.4) is 0 Å². The smallest absolute Gasteiger partial charge is 0.270 e. The first-order valence-corrected chi connectivity index (χ1v) is 6.82. The molecule has 1 amide bonds. The number of halogens is 1. The van der Waals surface area contributed by atoms with E-state index in [1.165, 1.54) is 18.5 Å². The van der Waals surface area contributed by atoms with Gasteiger partial charge in [0.25, 0.3) is 5.91 Å². The van der Waals surface area contributed by atoms with E-state index in [1.54, 1.807) is 18.2 Å². The highest BCUT2D eigenvalue weighted by Gasteiger charge is 2.21. The molecule has 0 aliphatic heterocycles. The van der Waals surface area contributed by atoms with Gasteiger partial charge in [-0.2, -0.15) is 0 Å². The summed E-state index contributed by atoms with van der Waals surface area (Å²) in [6.07, 6.45) is 3.64. The van der Waals surface area contributed by atoms with E-state index >= 15 is 0 Å². The summed E-state index contributed by atoms with van der Waals surface area (Å²) in [5.74, 6) is 0.0941. The van der Waals surface area contributed by atoms with Crippen LogP contribution >= 0.6 is 0 Å². The molecule has 1 fully saturated rings. The van der Waals surface area contributed by atoms with Crippen molar-refractivity contribution in [2.45, 2.75) is 25.4 Å².